The Morgan fingerprint density at radius 3 is 2.29 bits per heavy atom. The first-order valence-electron chi connectivity index (χ1n) is 9.24. The van der Waals surface area contributed by atoms with Gasteiger partial charge in [0.05, 0.1) is 16.7 Å². The number of nitrogens with zero attached hydrogens (tertiary/aromatic N) is 1. The summed E-state index contributed by atoms with van der Waals surface area (Å²) in [6.45, 7) is 6.08. The lowest BCUT2D eigenvalue weighted by Crippen LogP contribution is -2.31. The number of imide groups is 1. The molecule has 1 aliphatic rings. The molecule has 0 unspecified atom stereocenters. The molecule has 0 N–H and O–H groups in total. The van der Waals surface area contributed by atoms with Crippen LogP contribution in [0.15, 0.2) is 42.5 Å². The van der Waals surface area contributed by atoms with E-state index in [1.807, 2.05) is 13.8 Å². The maximum atomic E-state index is 13.0. The summed E-state index contributed by atoms with van der Waals surface area (Å²) in [4.78, 5) is 38.7. The lowest BCUT2D eigenvalue weighted by molar-refractivity contribution is 0.0337. The third-order valence-electron chi connectivity index (χ3n) is 4.76. The number of amides is 2. The molecular weight excluding hydrogens is 361 g/mol. The van der Waals surface area contributed by atoms with Gasteiger partial charge in [-0.05, 0) is 55.2 Å². The number of benzene rings is 2. The van der Waals surface area contributed by atoms with Crippen LogP contribution in [-0.4, -0.2) is 29.2 Å². The number of carbonyl (C=O) groups is 3. The Morgan fingerprint density at radius 1 is 1.00 bits per heavy atom. The summed E-state index contributed by atoms with van der Waals surface area (Å²) in [7, 11) is 0. The molecule has 1 atom stereocenters. The van der Waals surface area contributed by atoms with Gasteiger partial charge in [0, 0.05) is 6.54 Å². The Hall–Kier alpha value is -3.02. The zero-order valence-electron chi connectivity index (χ0n) is 16.1. The SMILES string of the molecule is CC(C)CCN1C(=O)c2ccc(C(=O)O[C@H](C)c3ccc(F)cc3)cc2C1=O. The maximum absolute atomic E-state index is 13.0. The normalized spacial score (nSPS) is 14.4. The molecule has 0 radical (unpaired) electrons. The van der Waals surface area contributed by atoms with Crippen molar-refractivity contribution in [2.45, 2.75) is 33.3 Å². The van der Waals surface area contributed by atoms with E-state index in [0.717, 1.165) is 6.42 Å². The second-order valence-corrected chi connectivity index (χ2v) is 7.30. The molecule has 1 aliphatic heterocycles. The highest BCUT2D eigenvalue weighted by molar-refractivity contribution is 6.21. The minimum absolute atomic E-state index is 0.194. The van der Waals surface area contributed by atoms with E-state index in [2.05, 4.69) is 0 Å². The van der Waals surface area contributed by atoms with Crippen LogP contribution in [0.3, 0.4) is 0 Å². The predicted octanol–water partition coefficient (Wildman–Crippen LogP) is 4.39. The van der Waals surface area contributed by atoms with Gasteiger partial charge in [-0.3, -0.25) is 14.5 Å². The second kappa shape index (κ2) is 7.92. The Morgan fingerprint density at radius 2 is 1.64 bits per heavy atom. The van der Waals surface area contributed by atoms with Crippen molar-refractivity contribution in [1.29, 1.82) is 0 Å². The van der Waals surface area contributed by atoms with E-state index in [-0.39, 0.29) is 28.8 Å². The number of halogens is 1. The highest BCUT2D eigenvalue weighted by Gasteiger charge is 2.35. The standard InChI is InChI=1S/C22H22FNO4/c1-13(2)10-11-24-20(25)18-9-6-16(12-19(18)21(24)26)22(27)28-14(3)15-4-7-17(23)8-5-15/h4-9,12-14H,10-11H2,1-3H3/t14-/m1/s1. The lowest BCUT2D eigenvalue weighted by Gasteiger charge is -2.14. The number of esters is 1. The molecule has 0 aliphatic carbocycles. The number of ether oxygens (including phenoxy) is 1. The Labute approximate surface area is 163 Å². The van der Waals surface area contributed by atoms with Crippen LogP contribution in [0.1, 0.15) is 69.9 Å². The van der Waals surface area contributed by atoms with Gasteiger partial charge in [-0.2, -0.15) is 0 Å². The molecule has 3 rings (SSSR count). The largest absolute Gasteiger partial charge is 0.454 e. The quantitative estimate of drug-likeness (QED) is 0.548. The number of hydrogen-bond donors (Lipinski definition) is 0. The van der Waals surface area contributed by atoms with Crippen LogP contribution in [0, 0.1) is 11.7 Å². The molecule has 2 aromatic rings. The molecule has 0 bridgehead atoms. The molecule has 0 spiro atoms. The summed E-state index contributed by atoms with van der Waals surface area (Å²) >= 11 is 0. The van der Waals surface area contributed by atoms with Gasteiger partial charge in [-0.15, -0.1) is 0 Å². The molecule has 6 heteroatoms. The average molecular weight is 383 g/mol. The van der Waals surface area contributed by atoms with Gasteiger partial charge in [0.2, 0.25) is 0 Å². The Balaban J connectivity index is 1.75. The van der Waals surface area contributed by atoms with Crippen LogP contribution >= 0.6 is 0 Å². The van der Waals surface area contributed by atoms with E-state index in [1.54, 1.807) is 19.1 Å². The zero-order valence-corrected chi connectivity index (χ0v) is 16.1. The second-order valence-electron chi connectivity index (χ2n) is 7.30. The monoisotopic (exact) mass is 383 g/mol. The van der Waals surface area contributed by atoms with Crippen molar-refractivity contribution in [2.75, 3.05) is 6.54 Å². The highest BCUT2D eigenvalue weighted by Crippen LogP contribution is 2.26. The van der Waals surface area contributed by atoms with E-state index in [1.165, 1.54) is 35.2 Å². The van der Waals surface area contributed by atoms with E-state index in [0.29, 0.717) is 23.6 Å². The molecule has 28 heavy (non-hydrogen) atoms. The van der Waals surface area contributed by atoms with Crippen molar-refractivity contribution >= 4 is 17.8 Å². The highest BCUT2D eigenvalue weighted by atomic mass is 19.1. The minimum Gasteiger partial charge on any atom is -0.454 e. The van der Waals surface area contributed by atoms with Crippen molar-refractivity contribution in [1.82, 2.24) is 4.90 Å². The first-order chi connectivity index (χ1) is 13.3. The van der Waals surface area contributed by atoms with Crippen molar-refractivity contribution in [2.24, 2.45) is 5.92 Å². The summed E-state index contributed by atoms with van der Waals surface area (Å²) in [6, 6.07) is 10.1. The number of carbonyl (C=O) groups excluding carboxylic acids is 3. The Kier molecular flexibility index (Phi) is 5.58. The summed E-state index contributed by atoms with van der Waals surface area (Å²) in [5.41, 5.74) is 1.37. The van der Waals surface area contributed by atoms with Gasteiger partial charge in [0.15, 0.2) is 0 Å². The maximum Gasteiger partial charge on any atom is 0.338 e. The van der Waals surface area contributed by atoms with Crippen LogP contribution in [0.4, 0.5) is 4.39 Å². The van der Waals surface area contributed by atoms with Crippen LogP contribution in [-0.2, 0) is 4.74 Å². The molecule has 5 nitrogen and oxygen atoms in total. The summed E-state index contributed by atoms with van der Waals surface area (Å²) in [6.07, 6.45) is 0.136. The topological polar surface area (TPSA) is 63.7 Å². The number of fused-ring (bicyclic) bond motifs is 1. The van der Waals surface area contributed by atoms with Gasteiger partial charge in [-0.25, -0.2) is 9.18 Å². The van der Waals surface area contributed by atoms with Gasteiger partial charge in [-0.1, -0.05) is 26.0 Å². The summed E-state index contributed by atoms with van der Waals surface area (Å²) in [5, 5.41) is 0. The van der Waals surface area contributed by atoms with Gasteiger partial charge in [0.1, 0.15) is 11.9 Å². The molecule has 146 valence electrons. The predicted molar refractivity (Wildman–Crippen MR) is 101 cm³/mol. The summed E-state index contributed by atoms with van der Waals surface area (Å²) < 4.78 is 18.5. The van der Waals surface area contributed by atoms with Crippen molar-refractivity contribution in [3.8, 4) is 0 Å². The lowest BCUT2D eigenvalue weighted by atomic mass is 10.1. The Bertz CT molecular complexity index is 921. The number of hydrogen-bond acceptors (Lipinski definition) is 4. The third-order valence-corrected chi connectivity index (χ3v) is 4.76. The van der Waals surface area contributed by atoms with Gasteiger partial charge >= 0.3 is 5.97 Å². The van der Waals surface area contributed by atoms with Gasteiger partial charge in [0.25, 0.3) is 11.8 Å². The summed E-state index contributed by atoms with van der Waals surface area (Å²) in [5.74, 6) is -1.34. The molecule has 0 fully saturated rings. The molecule has 0 saturated heterocycles. The molecule has 0 aromatic heterocycles. The van der Waals surface area contributed by atoms with E-state index < -0.39 is 12.1 Å². The van der Waals surface area contributed by atoms with Gasteiger partial charge < -0.3 is 4.74 Å². The first kappa shape index (κ1) is 19.7. The molecule has 2 aromatic carbocycles. The molecular formula is C22H22FNO4. The zero-order chi connectivity index (χ0) is 20.4. The fourth-order valence-electron chi connectivity index (χ4n) is 3.04. The fourth-order valence-corrected chi connectivity index (χ4v) is 3.04. The van der Waals surface area contributed by atoms with Crippen molar-refractivity contribution < 1.29 is 23.5 Å². The van der Waals surface area contributed by atoms with Crippen LogP contribution in [0.25, 0.3) is 0 Å². The molecule has 2 amide bonds. The van der Waals surface area contributed by atoms with Crippen LogP contribution in [0.5, 0.6) is 0 Å². The smallest absolute Gasteiger partial charge is 0.338 e. The molecule has 1 heterocycles. The average Bonchev–Trinajstić information content (AvgIpc) is 2.90. The van der Waals surface area contributed by atoms with E-state index >= 15 is 0 Å². The molecule has 0 saturated carbocycles. The van der Waals surface area contributed by atoms with Crippen LogP contribution < -0.4 is 0 Å². The van der Waals surface area contributed by atoms with Crippen molar-refractivity contribution in [3.05, 3.63) is 70.5 Å². The minimum atomic E-state index is -0.611. The third kappa shape index (κ3) is 3.96. The van der Waals surface area contributed by atoms with E-state index in [9.17, 15) is 18.8 Å². The van der Waals surface area contributed by atoms with E-state index in [4.69, 9.17) is 4.74 Å². The fraction of sp³-hybridized carbons (Fsp3) is 0.318. The first-order valence-corrected chi connectivity index (χ1v) is 9.24. The van der Waals surface area contributed by atoms with Crippen LogP contribution in [0.2, 0.25) is 0 Å². The van der Waals surface area contributed by atoms with Crippen molar-refractivity contribution in [3.63, 3.8) is 0 Å². The number of rotatable bonds is 6.